The molecule has 0 unspecified atom stereocenters. The van der Waals surface area contributed by atoms with Crippen molar-refractivity contribution in [3.63, 3.8) is 0 Å². The summed E-state index contributed by atoms with van der Waals surface area (Å²) in [5.74, 6) is 0.502. The minimum absolute atomic E-state index is 0. The van der Waals surface area contributed by atoms with E-state index in [-0.39, 0.29) is 30.6 Å². The Bertz CT molecular complexity index is 177. The molecule has 4 N–H and O–H groups in total. The number of aliphatic imine (C=N–C) groups is 1. The van der Waals surface area contributed by atoms with E-state index < -0.39 is 0 Å². The molecule has 0 spiro atoms. The van der Waals surface area contributed by atoms with Gasteiger partial charge in [0.15, 0.2) is 5.96 Å². The number of hydrogen-bond acceptors (Lipinski definition) is 2. The number of guanidine groups is 1. The van der Waals surface area contributed by atoms with Crippen molar-refractivity contribution in [2.75, 3.05) is 19.7 Å². The highest BCUT2D eigenvalue weighted by Crippen LogP contribution is 2.03. The van der Waals surface area contributed by atoms with Crippen LogP contribution in [-0.2, 0) is 0 Å². The lowest BCUT2D eigenvalue weighted by molar-refractivity contribution is 0.291. The molecule has 0 saturated carbocycles. The first-order valence-corrected chi connectivity index (χ1v) is 6.46. The molecule has 0 atom stereocenters. The standard InChI is InChI=1S/C12H27N3O.HI/c1-2-3-4-5-6-7-9-14-12(13)15-10-8-11-16;/h16H,2-11H2,1H3,(H3,13,14,15);1H. The number of nitrogens with zero attached hydrogens (tertiary/aromatic N) is 1. The first-order valence-electron chi connectivity index (χ1n) is 6.46. The van der Waals surface area contributed by atoms with Crippen molar-refractivity contribution in [2.24, 2.45) is 10.7 Å². The zero-order valence-corrected chi connectivity index (χ0v) is 13.3. The maximum Gasteiger partial charge on any atom is 0.188 e. The van der Waals surface area contributed by atoms with Crippen molar-refractivity contribution >= 4 is 29.9 Å². The van der Waals surface area contributed by atoms with Crippen LogP contribution >= 0.6 is 24.0 Å². The number of aliphatic hydroxyl groups is 1. The minimum Gasteiger partial charge on any atom is -0.396 e. The van der Waals surface area contributed by atoms with Crippen molar-refractivity contribution in [3.05, 3.63) is 0 Å². The van der Waals surface area contributed by atoms with Crippen LogP contribution in [0.2, 0.25) is 0 Å². The maximum absolute atomic E-state index is 8.57. The van der Waals surface area contributed by atoms with E-state index in [4.69, 9.17) is 10.8 Å². The predicted molar refractivity (Wildman–Crippen MR) is 85.0 cm³/mol. The summed E-state index contributed by atoms with van der Waals surface area (Å²) in [5.41, 5.74) is 5.63. The Morgan fingerprint density at radius 1 is 1.12 bits per heavy atom. The molecule has 0 fully saturated rings. The van der Waals surface area contributed by atoms with Gasteiger partial charge in [-0.3, -0.25) is 4.99 Å². The van der Waals surface area contributed by atoms with Gasteiger partial charge in [0.05, 0.1) is 0 Å². The highest BCUT2D eigenvalue weighted by molar-refractivity contribution is 14.0. The summed E-state index contributed by atoms with van der Waals surface area (Å²) >= 11 is 0. The van der Waals surface area contributed by atoms with Gasteiger partial charge in [0, 0.05) is 19.7 Å². The Hall–Kier alpha value is -0.0400. The van der Waals surface area contributed by atoms with Gasteiger partial charge in [0.25, 0.3) is 0 Å². The molecule has 0 aromatic carbocycles. The van der Waals surface area contributed by atoms with E-state index >= 15 is 0 Å². The number of halogens is 1. The smallest absolute Gasteiger partial charge is 0.188 e. The van der Waals surface area contributed by atoms with Gasteiger partial charge >= 0.3 is 0 Å². The second-order valence-corrected chi connectivity index (χ2v) is 4.04. The van der Waals surface area contributed by atoms with Gasteiger partial charge in [-0.15, -0.1) is 24.0 Å². The first-order chi connectivity index (χ1) is 7.81. The average molecular weight is 357 g/mol. The zero-order valence-electron chi connectivity index (χ0n) is 11.0. The van der Waals surface area contributed by atoms with Gasteiger partial charge < -0.3 is 16.2 Å². The number of nitrogens with two attached hydrogens (primary N) is 1. The zero-order chi connectivity index (χ0) is 12.1. The molecular formula is C12H28IN3O. The van der Waals surface area contributed by atoms with Gasteiger partial charge in [0.2, 0.25) is 0 Å². The summed E-state index contributed by atoms with van der Waals surface area (Å²) in [5, 5.41) is 11.6. The summed E-state index contributed by atoms with van der Waals surface area (Å²) in [6, 6.07) is 0. The van der Waals surface area contributed by atoms with Crippen LogP contribution < -0.4 is 11.1 Å². The monoisotopic (exact) mass is 357 g/mol. The van der Waals surface area contributed by atoms with Crippen molar-refractivity contribution < 1.29 is 5.11 Å². The fourth-order valence-electron chi connectivity index (χ4n) is 1.45. The quantitative estimate of drug-likeness (QED) is 0.243. The molecule has 104 valence electrons. The van der Waals surface area contributed by atoms with Crippen LogP contribution in [0, 0.1) is 0 Å². The number of unbranched alkanes of at least 4 members (excludes halogenated alkanes) is 5. The third-order valence-electron chi connectivity index (χ3n) is 2.43. The van der Waals surface area contributed by atoms with E-state index in [2.05, 4.69) is 17.2 Å². The molecule has 0 amide bonds. The fraction of sp³-hybridized carbons (Fsp3) is 0.917. The van der Waals surface area contributed by atoms with Gasteiger partial charge in [-0.25, -0.2) is 0 Å². The van der Waals surface area contributed by atoms with E-state index in [0.717, 1.165) is 13.0 Å². The van der Waals surface area contributed by atoms with Gasteiger partial charge in [-0.05, 0) is 12.8 Å². The van der Waals surface area contributed by atoms with Crippen molar-refractivity contribution in [1.82, 2.24) is 5.32 Å². The largest absolute Gasteiger partial charge is 0.396 e. The molecule has 0 bridgehead atoms. The summed E-state index contributed by atoms with van der Waals surface area (Å²) < 4.78 is 0. The Kier molecular flexibility index (Phi) is 18.1. The third kappa shape index (κ3) is 16.0. The first kappa shape index (κ1) is 19.3. The summed E-state index contributed by atoms with van der Waals surface area (Å²) in [6.07, 6.45) is 8.39. The number of aliphatic hydroxyl groups excluding tert-OH is 1. The Balaban J connectivity index is 0. The van der Waals surface area contributed by atoms with E-state index in [1.807, 2.05) is 0 Å². The van der Waals surface area contributed by atoms with Crippen LogP contribution in [0.15, 0.2) is 4.99 Å². The van der Waals surface area contributed by atoms with Crippen LogP contribution in [-0.4, -0.2) is 30.8 Å². The average Bonchev–Trinajstić information content (AvgIpc) is 2.28. The maximum atomic E-state index is 8.57. The Morgan fingerprint density at radius 3 is 2.41 bits per heavy atom. The topological polar surface area (TPSA) is 70.6 Å². The molecule has 0 saturated heterocycles. The van der Waals surface area contributed by atoms with E-state index in [0.29, 0.717) is 18.9 Å². The summed E-state index contributed by atoms with van der Waals surface area (Å²) in [6.45, 7) is 3.91. The lowest BCUT2D eigenvalue weighted by Gasteiger charge is -2.05. The number of nitrogens with one attached hydrogen (secondary N) is 1. The predicted octanol–water partition coefficient (Wildman–Crippen LogP) is 2.25. The van der Waals surface area contributed by atoms with Crippen LogP contribution in [0.5, 0.6) is 0 Å². The summed E-state index contributed by atoms with van der Waals surface area (Å²) in [4.78, 5) is 4.08. The molecule has 0 aromatic rings. The minimum atomic E-state index is 0. The lowest BCUT2D eigenvalue weighted by Crippen LogP contribution is -2.32. The van der Waals surface area contributed by atoms with Crippen molar-refractivity contribution in [1.29, 1.82) is 0 Å². The second kappa shape index (κ2) is 16.0. The summed E-state index contributed by atoms with van der Waals surface area (Å²) in [7, 11) is 0. The van der Waals surface area contributed by atoms with Crippen LogP contribution in [0.4, 0.5) is 0 Å². The normalized spacial score (nSPS) is 11.1. The van der Waals surface area contributed by atoms with Crippen molar-refractivity contribution in [2.45, 2.75) is 51.9 Å². The molecule has 5 heteroatoms. The molecule has 0 heterocycles. The van der Waals surface area contributed by atoms with E-state index in [9.17, 15) is 0 Å². The number of rotatable bonds is 10. The molecular weight excluding hydrogens is 329 g/mol. The van der Waals surface area contributed by atoms with Crippen LogP contribution in [0.25, 0.3) is 0 Å². The lowest BCUT2D eigenvalue weighted by atomic mass is 10.1. The molecule has 4 nitrogen and oxygen atoms in total. The SMILES string of the molecule is CCCCCCCCNC(N)=NCCCO.I. The Morgan fingerprint density at radius 2 is 1.76 bits per heavy atom. The van der Waals surface area contributed by atoms with Gasteiger partial charge in [0.1, 0.15) is 0 Å². The Labute approximate surface area is 122 Å². The second-order valence-electron chi connectivity index (χ2n) is 4.04. The van der Waals surface area contributed by atoms with Gasteiger partial charge in [-0.2, -0.15) is 0 Å². The third-order valence-corrected chi connectivity index (χ3v) is 2.43. The van der Waals surface area contributed by atoms with Crippen LogP contribution in [0.1, 0.15) is 51.9 Å². The van der Waals surface area contributed by atoms with E-state index in [1.165, 1.54) is 32.1 Å². The highest BCUT2D eigenvalue weighted by Gasteiger charge is 1.92. The van der Waals surface area contributed by atoms with Crippen molar-refractivity contribution in [3.8, 4) is 0 Å². The van der Waals surface area contributed by atoms with Gasteiger partial charge in [-0.1, -0.05) is 39.0 Å². The molecule has 0 aromatic heterocycles. The molecule has 0 aliphatic rings. The molecule has 0 aliphatic heterocycles. The molecule has 17 heavy (non-hydrogen) atoms. The molecule has 0 rings (SSSR count). The fourth-order valence-corrected chi connectivity index (χ4v) is 1.45. The molecule has 0 radical (unpaired) electrons. The van der Waals surface area contributed by atoms with E-state index in [1.54, 1.807) is 0 Å². The highest BCUT2D eigenvalue weighted by atomic mass is 127. The number of hydrogen-bond donors (Lipinski definition) is 3. The molecule has 0 aliphatic carbocycles. The van der Waals surface area contributed by atoms with Crippen LogP contribution in [0.3, 0.4) is 0 Å².